The van der Waals surface area contributed by atoms with Gasteiger partial charge in [-0.3, -0.25) is 9.59 Å². The Morgan fingerprint density at radius 3 is 2.35 bits per heavy atom. The standard InChI is InChI=1S/C14H12BrNO4/c15-10-3-1-2-9(14(19)20)11(10)16-12(17)7-4-5-8(6-7)13(16)18/h1-3,7-8H,4-6H2,(H,19,20). The Hall–Kier alpha value is -1.69. The molecule has 1 aliphatic heterocycles. The molecule has 2 unspecified atom stereocenters. The van der Waals surface area contributed by atoms with Crippen LogP contribution >= 0.6 is 15.9 Å². The number of fused-ring (bicyclic) bond motifs is 2. The Morgan fingerprint density at radius 2 is 1.80 bits per heavy atom. The summed E-state index contributed by atoms with van der Waals surface area (Å²) in [6.45, 7) is 0. The molecule has 1 saturated heterocycles. The van der Waals surface area contributed by atoms with Gasteiger partial charge in [0.1, 0.15) is 0 Å². The summed E-state index contributed by atoms with van der Waals surface area (Å²) in [5, 5.41) is 9.27. The lowest BCUT2D eigenvalue weighted by molar-refractivity contribution is -0.133. The molecule has 2 atom stereocenters. The molecule has 2 aliphatic rings. The Labute approximate surface area is 123 Å². The van der Waals surface area contributed by atoms with Gasteiger partial charge in [0.2, 0.25) is 11.8 Å². The number of carboxylic acids is 1. The third-order valence-corrected chi connectivity index (χ3v) is 4.65. The minimum atomic E-state index is -1.15. The second kappa shape index (κ2) is 4.70. The molecule has 0 radical (unpaired) electrons. The number of hydrogen-bond acceptors (Lipinski definition) is 3. The number of hydrogen-bond donors (Lipinski definition) is 1. The highest BCUT2D eigenvalue weighted by molar-refractivity contribution is 9.10. The van der Waals surface area contributed by atoms with Crippen molar-refractivity contribution in [2.75, 3.05) is 4.90 Å². The number of halogens is 1. The molecule has 1 aliphatic carbocycles. The molecule has 104 valence electrons. The average molecular weight is 338 g/mol. The zero-order chi connectivity index (χ0) is 14.4. The first-order valence-electron chi connectivity index (χ1n) is 6.40. The summed E-state index contributed by atoms with van der Waals surface area (Å²) < 4.78 is 0.445. The molecule has 1 saturated carbocycles. The lowest BCUT2D eigenvalue weighted by Crippen LogP contribution is -2.47. The Bertz CT molecular complexity index is 606. The number of rotatable bonds is 2. The van der Waals surface area contributed by atoms with Crippen LogP contribution in [0.5, 0.6) is 0 Å². The molecule has 20 heavy (non-hydrogen) atoms. The predicted octanol–water partition coefficient (Wildman–Crippen LogP) is 2.44. The Balaban J connectivity index is 2.15. The van der Waals surface area contributed by atoms with Crippen LogP contribution < -0.4 is 4.90 Å². The van der Waals surface area contributed by atoms with E-state index in [1.165, 1.54) is 6.07 Å². The molecule has 2 fully saturated rings. The van der Waals surface area contributed by atoms with Crippen LogP contribution in [0.2, 0.25) is 0 Å². The van der Waals surface area contributed by atoms with Gasteiger partial charge in [-0.05, 0) is 47.3 Å². The average Bonchev–Trinajstić information content (AvgIpc) is 2.85. The normalized spacial score (nSPS) is 25.1. The monoisotopic (exact) mass is 337 g/mol. The van der Waals surface area contributed by atoms with E-state index in [4.69, 9.17) is 0 Å². The van der Waals surface area contributed by atoms with Gasteiger partial charge in [0.25, 0.3) is 0 Å². The molecule has 6 heteroatoms. The quantitative estimate of drug-likeness (QED) is 0.841. The predicted molar refractivity (Wildman–Crippen MR) is 74.4 cm³/mol. The van der Waals surface area contributed by atoms with E-state index in [-0.39, 0.29) is 34.9 Å². The van der Waals surface area contributed by atoms with Crippen molar-refractivity contribution >= 4 is 39.4 Å². The number of carbonyl (C=O) groups is 3. The van der Waals surface area contributed by atoms with Crippen molar-refractivity contribution in [2.24, 2.45) is 11.8 Å². The van der Waals surface area contributed by atoms with Crippen molar-refractivity contribution in [3.8, 4) is 0 Å². The molecule has 1 aromatic carbocycles. The molecule has 5 nitrogen and oxygen atoms in total. The Morgan fingerprint density at radius 1 is 1.20 bits per heavy atom. The highest BCUT2D eigenvalue weighted by atomic mass is 79.9. The van der Waals surface area contributed by atoms with E-state index in [2.05, 4.69) is 15.9 Å². The summed E-state index contributed by atoms with van der Waals surface area (Å²) in [5.41, 5.74) is 0.119. The number of amides is 2. The summed E-state index contributed by atoms with van der Waals surface area (Å²) in [7, 11) is 0. The number of aromatic carboxylic acids is 1. The van der Waals surface area contributed by atoms with E-state index >= 15 is 0 Å². The zero-order valence-electron chi connectivity index (χ0n) is 10.5. The maximum atomic E-state index is 12.4. The SMILES string of the molecule is O=C(O)c1cccc(Br)c1N1C(=O)C2CCC(C2)C1=O. The van der Waals surface area contributed by atoms with Gasteiger partial charge in [-0.2, -0.15) is 0 Å². The summed E-state index contributed by atoms with van der Waals surface area (Å²) in [6.07, 6.45) is 2.01. The summed E-state index contributed by atoms with van der Waals surface area (Å²) in [5.74, 6) is -2.03. The first-order chi connectivity index (χ1) is 9.50. The van der Waals surface area contributed by atoms with Crippen LogP contribution in [0, 0.1) is 11.8 Å². The van der Waals surface area contributed by atoms with Crippen molar-refractivity contribution in [2.45, 2.75) is 19.3 Å². The number of benzene rings is 1. The van der Waals surface area contributed by atoms with Crippen LogP contribution in [-0.2, 0) is 9.59 Å². The van der Waals surface area contributed by atoms with E-state index in [9.17, 15) is 19.5 Å². The van der Waals surface area contributed by atoms with Crippen LogP contribution in [0.15, 0.2) is 22.7 Å². The number of nitrogens with zero attached hydrogens (tertiary/aromatic N) is 1. The molecule has 1 N–H and O–H groups in total. The fourth-order valence-corrected chi connectivity index (χ4v) is 3.58. The Kier molecular flexibility index (Phi) is 3.12. The smallest absolute Gasteiger partial charge is 0.337 e. The number of piperidine rings is 1. The molecule has 2 bridgehead atoms. The number of carbonyl (C=O) groups excluding carboxylic acids is 2. The number of para-hydroxylation sites is 1. The highest BCUT2D eigenvalue weighted by Gasteiger charge is 2.47. The fourth-order valence-electron chi connectivity index (χ4n) is 3.04. The van der Waals surface area contributed by atoms with Crippen molar-refractivity contribution in [1.29, 1.82) is 0 Å². The lowest BCUT2D eigenvalue weighted by atomic mass is 9.95. The van der Waals surface area contributed by atoms with Crippen LogP contribution in [0.1, 0.15) is 29.6 Å². The van der Waals surface area contributed by atoms with E-state index in [0.717, 1.165) is 4.90 Å². The summed E-state index contributed by atoms with van der Waals surface area (Å²) in [4.78, 5) is 37.2. The van der Waals surface area contributed by atoms with Crippen LogP contribution in [0.25, 0.3) is 0 Å². The van der Waals surface area contributed by atoms with E-state index in [0.29, 0.717) is 23.7 Å². The molecule has 0 aromatic heterocycles. The molecule has 1 heterocycles. The zero-order valence-corrected chi connectivity index (χ0v) is 12.1. The molecule has 3 rings (SSSR count). The maximum Gasteiger partial charge on any atom is 0.337 e. The van der Waals surface area contributed by atoms with Gasteiger partial charge in [-0.25, -0.2) is 9.69 Å². The minimum Gasteiger partial charge on any atom is -0.478 e. The van der Waals surface area contributed by atoms with E-state index in [1.54, 1.807) is 12.1 Å². The van der Waals surface area contributed by atoms with E-state index < -0.39 is 5.97 Å². The van der Waals surface area contributed by atoms with Crippen LogP contribution in [-0.4, -0.2) is 22.9 Å². The highest BCUT2D eigenvalue weighted by Crippen LogP contribution is 2.42. The number of imide groups is 1. The summed E-state index contributed by atoms with van der Waals surface area (Å²) in [6, 6.07) is 4.61. The van der Waals surface area contributed by atoms with Gasteiger partial charge in [-0.15, -0.1) is 0 Å². The molecule has 0 spiro atoms. The van der Waals surface area contributed by atoms with Gasteiger partial charge in [0.15, 0.2) is 0 Å². The van der Waals surface area contributed by atoms with Gasteiger partial charge in [0.05, 0.1) is 11.3 Å². The summed E-state index contributed by atoms with van der Waals surface area (Å²) >= 11 is 3.26. The third kappa shape index (κ3) is 1.86. The molecular weight excluding hydrogens is 326 g/mol. The van der Waals surface area contributed by atoms with E-state index in [1.807, 2.05) is 0 Å². The van der Waals surface area contributed by atoms with Gasteiger partial charge in [0, 0.05) is 16.3 Å². The number of carboxylic acid groups (broad SMARTS) is 1. The topological polar surface area (TPSA) is 74.7 Å². The second-order valence-electron chi connectivity index (χ2n) is 5.16. The molecular formula is C14H12BrNO4. The fraction of sp³-hybridized carbons (Fsp3) is 0.357. The minimum absolute atomic E-state index is 0.0395. The molecule has 2 amide bonds. The second-order valence-corrected chi connectivity index (χ2v) is 6.01. The lowest BCUT2D eigenvalue weighted by Gasteiger charge is -2.31. The number of anilines is 1. The largest absolute Gasteiger partial charge is 0.478 e. The van der Waals surface area contributed by atoms with Gasteiger partial charge >= 0.3 is 5.97 Å². The van der Waals surface area contributed by atoms with Gasteiger partial charge in [-0.1, -0.05) is 6.07 Å². The van der Waals surface area contributed by atoms with Crippen LogP contribution in [0.3, 0.4) is 0 Å². The third-order valence-electron chi connectivity index (χ3n) is 4.01. The molecule has 1 aromatic rings. The first kappa shape index (κ1) is 13.3. The van der Waals surface area contributed by atoms with Crippen LogP contribution in [0.4, 0.5) is 5.69 Å². The maximum absolute atomic E-state index is 12.4. The van der Waals surface area contributed by atoms with Crippen molar-refractivity contribution < 1.29 is 19.5 Å². The van der Waals surface area contributed by atoms with Crippen molar-refractivity contribution in [1.82, 2.24) is 0 Å². The van der Waals surface area contributed by atoms with Crippen molar-refractivity contribution in [3.63, 3.8) is 0 Å². The first-order valence-corrected chi connectivity index (χ1v) is 7.19. The van der Waals surface area contributed by atoms with Crippen molar-refractivity contribution in [3.05, 3.63) is 28.2 Å². The van der Waals surface area contributed by atoms with Gasteiger partial charge < -0.3 is 5.11 Å².